The van der Waals surface area contributed by atoms with Gasteiger partial charge in [-0.25, -0.2) is 9.78 Å². The van der Waals surface area contributed by atoms with Crippen molar-refractivity contribution in [3.63, 3.8) is 0 Å². The van der Waals surface area contributed by atoms with Crippen LogP contribution in [0.5, 0.6) is 0 Å². The Morgan fingerprint density at radius 3 is 2.85 bits per heavy atom. The van der Waals surface area contributed by atoms with Gasteiger partial charge in [0.2, 0.25) is 5.91 Å². The van der Waals surface area contributed by atoms with E-state index in [0.29, 0.717) is 55.2 Å². The van der Waals surface area contributed by atoms with Crippen molar-refractivity contribution >= 4 is 57.5 Å². The Morgan fingerprint density at radius 1 is 1.26 bits per heavy atom. The van der Waals surface area contributed by atoms with E-state index in [4.69, 9.17) is 16.3 Å². The molecule has 0 aliphatic carbocycles. The maximum Gasteiger partial charge on any atom is 0.328 e. The van der Waals surface area contributed by atoms with Gasteiger partial charge >= 0.3 is 6.03 Å². The lowest BCUT2D eigenvalue weighted by Crippen LogP contribution is -2.40. The quantitative estimate of drug-likeness (QED) is 0.604. The van der Waals surface area contributed by atoms with Crippen molar-refractivity contribution in [1.29, 1.82) is 0 Å². The van der Waals surface area contributed by atoms with E-state index in [1.54, 1.807) is 18.0 Å². The first-order valence-electron chi connectivity index (χ1n) is 11.4. The van der Waals surface area contributed by atoms with Gasteiger partial charge in [0.1, 0.15) is 0 Å². The minimum absolute atomic E-state index is 0.0801. The number of carbonyl (C=O) groups is 2. The van der Waals surface area contributed by atoms with E-state index in [1.807, 2.05) is 28.0 Å². The maximum absolute atomic E-state index is 13.2. The number of halogens is 1. The Kier molecular flexibility index (Phi) is 7.04. The van der Waals surface area contributed by atoms with Gasteiger partial charge in [0.25, 0.3) is 0 Å². The number of morpholine rings is 1. The van der Waals surface area contributed by atoms with Gasteiger partial charge in [-0.15, -0.1) is 11.8 Å². The molecule has 1 aromatic carbocycles. The standard InChI is InChI=1S/C23H28ClN5O3S2/c1-27-6-5-23(14-27)15-29(18-3-2-16(24)12-17(18)23)22(31)26-21-25-13-20(34-21)33-11-4-19(30)28-7-9-32-10-8-28/h2-3,12-13H,4-11,14-15H2,1H3,(H,25,26,31). The number of rotatable bonds is 5. The van der Waals surface area contributed by atoms with Crippen LogP contribution in [0.3, 0.4) is 0 Å². The number of carbonyl (C=O) groups excluding carboxylic acids is 2. The highest BCUT2D eigenvalue weighted by atomic mass is 35.5. The average Bonchev–Trinajstić information content (AvgIpc) is 3.52. The zero-order valence-corrected chi connectivity index (χ0v) is 21.5. The van der Waals surface area contributed by atoms with Crippen molar-refractivity contribution in [2.75, 3.05) is 69.0 Å². The Hall–Kier alpha value is -1.85. The van der Waals surface area contributed by atoms with Crippen molar-refractivity contribution in [3.8, 4) is 0 Å². The highest BCUT2D eigenvalue weighted by molar-refractivity contribution is 8.01. The first kappa shape index (κ1) is 23.9. The van der Waals surface area contributed by atoms with E-state index in [0.717, 1.165) is 35.0 Å². The van der Waals surface area contributed by atoms with Gasteiger partial charge in [0, 0.05) is 54.5 Å². The summed E-state index contributed by atoms with van der Waals surface area (Å²) < 4.78 is 6.28. The molecule has 182 valence electrons. The average molecular weight is 522 g/mol. The molecule has 2 fully saturated rings. The fourth-order valence-electron chi connectivity index (χ4n) is 5.00. The van der Waals surface area contributed by atoms with Crippen LogP contribution in [0.2, 0.25) is 5.02 Å². The number of urea groups is 1. The minimum Gasteiger partial charge on any atom is -0.378 e. The molecule has 3 aliphatic heterocycles. The van der Waals surface area contributed by atoms with Gasteiger partial charge in [-0.1, -0.05) is 22.9 Å². The van der Waals surface area contributed by atoms with Gasteiger partial charge in [0.05, 0.1) is 23.6 Å². The van der Waals surface area contributed by atoms with Crippen LogP contribution in [0.1, 0.15) is 18.4 Å². The predicted molar refractivity (Wildman–Crippen MR) is 136 cm³/mol. The number of thioether (sulfide) groups is 1. The van der Waals surface area contributed by atoms with Crippen LogP contribution in [0, 0.1) is 0 Å². The van der Waals surface area contributed by atoms with Crippen LogP contribution in [0.15, 0.2) is 28.6 Å². The molecule has 3 amide bonds. The van der Waals surface area contributed by atoms with Crippen molar-refractivity contribution in [2.45, 2.75) is 22.5 Å². The number of amides is 3. The lowest BCUT2D eigenvalue weighted by atomic mass is 9.81. The molecule has 2 saturated heterocycles. The molecule has 0 radical (unpaired) electrons. The molecule has 1 aromatic heterocycles. The summed E-state index contributed by atoms with van der Waals surface area (Å²) in [6, 6.07) is 5.62. The Bertz CT molecular complexity index is 1080. The van der Waals surface area contributed by atoms with Crippen LogP contribution in [0.4, 0.5) is 15.6 Å². The molecule has 0 saturated carbocycles. The maximum atomic E-state index is 13.2. The lowest BCUT2D eigenvalue weighted by molar-refractivity contribution is -0.134. The molecule has 34 heavy (non-hydrogen) atoms. The third kappa shape index (κ3) is 4.92. The number of aromatic nitrogens is 1. The largest absolute Gasteiger partial charge is 0.378 e. The van der Waals surface area contributed by atoms with E-state index in [2.05, 4.69) is 22.2 Å². The highest BCUT2D eigenvalue weighted by Gasteiger charge is 2.48. The molecule has 1 unspecified atom stereocenters. The van der Waals surface area contributed by atoms with Crippen LogP contribution < -0.4 is 10.2 Å². The predicted octanol–water partition coefficient (Wildman–Crippen LogP) is 3.76. The number of anilines is 2. The van der Waals surface area contributed by atoms with E-state index in [1.165, 1.54) is 11.3 Å². The number of benzene rings is 1. The van der Waals surface area contributed by atoms with Gasteiger partial charge in [-0.3, -0.25) is 15.0 Å². The molecule has 11 heteroatoms. The molecular formula is C23H28ClN5O3S2. The van der Waals surface area contributed by atoms with Gasteiger partial charge in [-0.05, 0) is 43.8 Å². The first-order valence-corrected chi connectivity index (χ1v) is 13.6. The molecule has 5 rings (SSSR count). The highest BCUT2D eigenvalue weighted by Crippen LogP contribution is 2.47. The fraction of sp³-hybridized carbons (Fsp3) is 0.522. The number of thiazole rings is 1. The van der Waals surface area contributed by atoms with Crippen LogP contribution in [-0.2, 0) is 14.9 Å². The number of fused-ring (bicyclic) bond motifs is 2. The summed E-state index contributed by atoms with van der Waals surface area (Å²) >= 11 is 9.34. The van der Waals surface area contributed by atoms with Crippen LogP contribution in [0.25, 0.3) is 0 Å². The van der Waals surface area contributed by atoms with Gasteiger partial charge < -0.3 is 14.5 Å². The second-order valence-corrected chi connectivity index (χ2v) is 11.9. The normalized spacial score (nSPS) is 22.4. The van der Waals surface area contributed by atoms with Crippen molar-refractivity contribution in [3.05, 3.63) is 35.0 Å². The summed E-state index contributed by atoms with van der Waals surface area (Å²) in [7, 11) is 2.12. The molecule has 8 nitrogen and oxygen atoms in total. The number of hydrogen-bond donors (Lipinski definition) is 1. The monoisotopic (exact) mass is 521 g/mol. The number of nitrogens with one attached hydrogen (secondary N) is 1. The fourth-order valence-corrected chi connectivity index (χ4v) is 7.04. The van der Waals surface area contributed by atoms with Crippen LogP contribution in [-0.4, -0.2) is 85.5 Å². The lowest BCUT2D eigenvalue weighted by Gasteiger charge is -2.26. The molecule has 1 atom stereocenters. The third-order valence-electron chi connectivity index (χ3n) is 6.69. The van der Waals surface area contributed by atoms with E-state index in [9.17, 15) is 9.59 Å². The van der Waals surface area contributed by atoms with Gasteiger partial charge in [-0.2, -0.15) is 0 Å². The summed E-state index contributed by atoms with van der Waals surface area (Å²) in [5.41, 5.74) is 1.99. The second kappa shape index (κ2) is 10.0. The van der Waals surface area contributed by atoms with Crippen molar-refractivity contribution in [1.82, 2.24) is 14.8 Å². The summed E-state index contributed by atoms with van der Waals surface area (Å²) in [5, 5.41) is 4.23. The number of ether oxygens (including phenoxy) is 1. The van der Waals surface area contributed by atoms with E-state index >= 15 is 0 Å². The summed E-state index contributed by atoms with van der Waals surface area (Å²) in [6.45, 7) is 5.11. The Balaban J connectivity index is 1.19. The minimum atomic E-state index is -0.177. The smallest absolute Gasteiger partial charge is 0.328 e. The Labute approximate surface area is 212 Å². The molecule has 4 heterocycles. The summed E-state index contributed by atoms with van der Waals surface area (Å²) in [6.07, 6.45) is 3.24. The first-order chi connectivity index (χ1) is 16.4. The molecule has 2 aromatic rings. The number of hydrogen-bond acceptors (Lipinski definition) is 7. The van der Waals surface area contributed by atoms with Crippen molar-refractivity contribution in [2.24, 2.45) is 0 Å². The number of likely N-dealkylation sites (tertiary alicyclic amines) is 1. The third-order valence-corrected chi connectivity index (χ3v) is 9.04. The zero-order chi connectivity index (χ0) is 23.7. The van der Waals surface area contributed by atoms with Crippen molar-refractivity contribution < 1.29 is 14.3 Å². The molecular weight excluding hydrogens is 494 g/mol. The molecule has 0 bridgehead atoms. The molecule has 1 spiro atoms. The zero-order valence-electron chi connectivity index (χ0n) is 19.1. The topological polar surface area (TPSA) is 78.0 Å². The van der Waals surface area contributed by atoms with Crippen LogP contribution >= 0.6 is 34.7 Å². The second-order valence-electron chi connectivity index (χ2n) is 9.02. The summed E-state index contributed by atoms with van der Waals surface area (Å²) in [4.78, 5) is 35.9. The van der Waals surface area contributed by atoms with E-state index < -0.39 is 0 Å². The molecule has 1 N–H and O–H groups in total. The number of likely N-dealkylation sites (N-methyl/N-ethyl adjacent to an activating group) is 1. The number of nitrogens with zero attached hydrogens (tertiary/aromatic N) is 4. The van der Waals surface area contributed by atoms with Gasteiger partial charge in [0.15, 0.2) is 5.13 Å². The van der Waals surface area contributed by atoms with E-state index in [-0.39, 0.29) is 17.4 Å². The SMILES string of the molecule is CN1CCC2(C1)CN(C(=O)Nc1ncc(SCCC(=O)N3CCOCC3)s1)c1ccc(Cl)cc12. The summed E-state index contributed by atoms with van der Waals surface area (Å²) in [5.74, 6) is 0.843. The molecule has 3 aliphatic rings. The Morgan fingerprint density at radius 2 is 2.09 bits per heavy atom.